The number of carbonyl (C=O) groups is 1. The molecule has 0 atom stereocenters. The molecule has 0 aliphatic carbocycles. The maximum atomic E-state index is 12.0. The Balaban J connectivity index is 2.10. The lowest BCUT2D eigenvalue weighted by Crippen LogP contribution is -2.37. The van der Waals surface area contributed by atoms with E-state index in [9.17, 15) is 13.2 Å². The summed E-state index contributed by atoms with van der Waals surface area (Å²) in [6.45, 7) is 3.10. The van der Waals surface area contributed by atoms with Gasteiger partial charge in [0.15, 0.2) is 5.75 Å². The number of benzene rings is 1. The molecule has 0 fully saturated rings. The predicted molar refractivity (Wildman–Crippen MR) is 106 cm³/mol. The quantitative estimate of drug-likeness (QED) is 0.564. The summed E-state index contributed by atoms with van der Waals surface area (Å²) in [7, 11) is -4.59. The van der Waals surface area contributed by atoms with Crippen molar-refractivity contribution in [1.29, 1.82) is 5.26 Å². The summed E-state index contributed by atoms with van der Waals surface area (Å²) in [5.74, 6) is -0.734. The van der Waals surface area contributed by atoms with Gasteiger partial charge in [-0.05, 0) is 43.6 Å². The van der Waals surface area contributed by atoms with Crippen LogP contribution in [-0.4, -0.2) is 34.9 Å². The fraction of sp³-hybridized carbons (Fsp3) is 0.214. The van der Waals surface area contributed by atoms with Gasteiger partial charge in [-0.1, -0.05) is 23.2 Å². The molecule has 29 heavy (non-hydrogen) atoms. The average Bonchev–Trinajstić information content (AvgIpc) is 2.55. The minimum absolute atomic E-state index is 0.0802. The van der Waals surface area contributed by atoms with Crippen LogP contribution >= 0.6 is 34.8 Å². The molecule has 0 spiro atoms. The van der Waals surface area contributed by atoms with E-state index in [1.807, 2.05) is 6.07 Å². The molecule has 0 bridgehead atoms. The lowest BCUT2D eigenvalue weighted by molar-refractivity contribution is 0.255. The summed E-state index contributed by atoms with van der Waals surface area (Å²) in [6, 6.07) is 4.54. The highest BCUT2D eigenvalue weighted by Gasteiger charge is 2.21. The van der Waals surface area contributed by atoms with Crippen molar-refractivity contribution in [3.05, 3.63) is 33.5 Å². The fourth-order valence-corrected chi connectivity index (χ4v) is 3.05. The minimum atomic E-state index is -4.59. The van der Waals surface area contributed by atoms with Gasteiger partial charge < -0.3 is 9.50 Å². The van der Waals surface area contributed by atoms with Gasteiger partial charge in [0.25, 0.3) is 0 Å². The number of amides is 2. The van der Waals surface area contributed by atoms with Gasteiger partial charge in [0, 0.05) is 5.02 Å². The first kappa shape index (κ1) is 22.7. The van der Waals surface area contributed by atoms with Crippen LogP contribution in [0.1, 0.15) is 13.8 Å². The smallest absolute Gasteiger partial charge is 0.365 e. The summed E-state index contributed by atoms with van der Waals surface area (Å²) in [4.78, 5) is 23.2. The Morgan fingerprint density at radius 2 is 1.83 bits per heavy atom. The minimum Gasteiger partial charge on any atom is -0.365 e. The first-order valence-corrected chi connectivity index (χ1v) is 10.0. The molecule has 0 aliphatic heterocycles. The molecule has 0 saturated heterocycles. The van der Waals surface area contributed by atoms with Crippen LogP contribution in [0.25, 0.3) is 0 Å². The Morgan fingerprint density at radius 3 is 2.45 bits per heavy atom. The van der Waals surface area contributed by atoms with E-state index in [1.54, 1.807) is 18.6 Å². The van der Waals surface area contributed by atoms with Crippen molar-refractivity contribution in [1.82, 2.24) is 19.7 Å². The number of halogens is 3. The van der Waals surface area contributed by atoms with Gasteiger partial charge in [0.1, 0.15) is 5.54 Å². The van der Waals surface area contributed by atoms with E-state index in [4.69, 9.17) is 44.2 Å². The van der Waals surface area contributed by atoms with E-state index in [-0.39, 0.29) is 33.0 Å². The Morgan fingerprint density at radius 1 is 1.17 bits per heavy atom. The number of anilines is 2. The predicted octanol–water partition coefficient (Wildman–Crippen LogP) is 2.99. The highest BCUT2D eigenvalue weighted by molar-refractivity contribution is 7.85. The fourth-order valence-electron chi connectivity index (χ4n) is 1.69. The van der Waals surface area contributed by atoms with Gasteiger partial charge in [-0.25, -0.2) is 9.52 Å². The third-order valence-electron chi connectivity index (χ3n) is 2.85. The standard InChI is InChI=1S/C14H12Cl3N7O4S/c1-14(2,6-18)23-12-20-10(17)19-11(21-12)22-13(25)24-29(26,27)28-9-4-3-7(15)5-8(9)16/h3-5H,1-2H3,(H3,19,20,21,22,23,24,25). The molecule has 2 amide bonds. The second kappa shape index (κ2) is 8.83. The van der Waals surface area contributed by atoms with Gasteiger partial charge in [0.05, 0.1) is 11.1 Å². The molecule has 2 rings (SSSR count). The van der Waals surface area contributed by atoms with Crippen LogP contribution < -0.4 is 19.5 Å². The Labute approximate surface area is 180 Å². The summed E-state index contributed by atoms with van der Waals surface area (Å²) in [5, 5.41) is 13.6. The van der Waals surface area contributed by atoms with Crippen LogP contribution in [0.5, 0.6) is 5.75 Å². The van der Waals surface area contributed by atoms with Crippen molar-refractivity contribution in [2.45, 2.75) is 19.4 Å². The number of hydrogen-bond acceptors (Lipinski definition) is 9. The molecule has 0 aliphatic rings. The third kappa shape index (κ3) is 7.06. The highest BCUT2D eigenvalue weighted by atomic mass is 35.5. The third-order valence-corrected chi connectivity index (χ3v) is 4.38. The van der Waals surface area contributed by atoms with E-state index in [0.29, 0.717) is 0 Å². The number of nitriles is 1. The lowest BCUT2D eigenvalue weighted by Gasteiger charge is -2.17. The molecular formula is C14H12Cl3N7O4S. The molecule has 154 valence electrons. The van der Waals surface area contributed by atoms with Gasteiger partial charge in [-0.2, -0.15) is 28.6 Å². The SMILES string of the molecule is CC(C)(C#N)Nc1nc(Cl)nc(NC(=O)NS(=O)(=O)Oc2ccc(Cl)cc2Cl)n1. The Kier molecular flexibility index (Phi) is 6.91. The first-order chi connectivity index (χ1) is 13.4. The van der Waals surface area contributed by atoms with Crippen molar-refractivity contribution in [2.24, 2.45) is 0 Å². The van der Waals surface area contributed by atoms with E-state index in [2.05, 4.69) is 25.6 Å². The Bertz CT molecular complexity index is 1090. The van der Waals surface area contributed by atoms with Crippen molar-refractivity contribution < 1.29 is 17.4 Å². The molecule has 15 heteroatoms. The number of rotatable bonds is 6. The highest BCUT2D eigenvalue weighted by Crippen LogP contribution is 2.28. The average molecular weight is 481 g/mol. The second-order valence-electron chi connectivity index (χ2n) is 5.78. The number of urea groups is 1. The molecule has 0 saturated carbocycles. The topological polar surface area (TPSA) is 159 Å². The summed E-state index contributed by atoms with van der Waals surface area (Å²) in [5.41, 5.74) is -1.04. The van der Waals surface area contributed by atoms with Crippen molar-refractivity contribution in [2.75, 3.05) is 10.6 Å². The van der Waals surface area contributed by atoms with Crippen LogP contribution in [0.3, 0.4) is 0 Å². The molecule has 1 aromatic heterocycles. The molecular weight excluding hydrogens is 469 g/mol. The summed E-state index contributed by atoms with van der Waals surface area (Å²) >= 11 is 17.3. The maximum absolute atomic E-state index is 12.0. The van der Waals surface area contributed by atoms with Gasteiger partial charge >= 0.3 is 16.3 Å². The monoisotopic (exact) mass is 479 g/mol. The van der Waals surface area contributed by atoms with E-state index >= 15 is 0 Å². The largest absolute Gasteiger partial charge is 0.411 e. The number of hydrogen-bond donors (Lipinski definition) is 3. The molecule has 11 nitrogen and oxygen atoms in total. The first-order valence-electron chi connectivity index (χ1n) is 7.48. The number of nitrogens with zero attached hydrogens (tertiary/aromatic N) is 4. The molecule has 2 aromatic rings. The molecule has 3 N–H and O–H groups in total. The molecule has 0 unspecified atom stereocenters. The van der Waals surface area contributed by atoms with Gasteiger partial charge in [-0.3, -0.25) is 5.32 Å². The zero-order valence-corrected chi connectivity index (χ0v) is 17.8. The van der Waals surface area contributed by atoms with E-state index < -0.39 is 21.9 Å². The number of aromatic nitrogens is 3. The van der Waals surface area contributed by atoms with Crippen LogP contribution in [-0.2, 0) is 10.3 Å². The van der Waals surface area contributed by atoms with Gasteiger partial charge in [0.2, 0.25) is 17.2 Å². The van der Waals surface area contributed by atoms with Crippen molar-refractivity contribution >= 4 is 63.0 Å². The maximum Gasteiger partial charge on any atom is 0.411 e. The molecule has 0 radical (unpaired) electrons. The van der Waals surface area contributed by atoms with E-state index in [0.717, 1.165) is 0 Å². The Hall–Kier alpha value is -2.59. The van der Waals surface area contributed by atoms with Crippen LogP contribution in [0.4, 0.5) is 16.7 Å². The van der Waals surface area contributed by atoms with E-state index in [1.165, 1.54) is 18.2 Å². The summed E-state index contributed by atoms with van der Waals surface area (Å²) in [6.07, 6.45) is 0. The zero-order valence-electron chi connectivity index (χ0n) is 14.7. The summed E-state index contributed by atoms with van der Waals surface area (Å²) < 4.78 is 30.3. The number of nitrogens with one attached hydrogen (secondary N) is 3. The number of carbonyl (C=O) groups excluding carboxylic acids is 1. The second-order valence-corrected chi connectivity index (χ2v) is 8.24. The molecule has 1 aromatic carbocycles. The van der Waals surface area contributed by atoms with Crippen LogP contribution in [0.15, 0.2) is 18.2 Å². The normalized spacial score (nSPS) is 11.3. The molecule has 1 heterocycles. The van der Waals surface area contributed by atoms with Crippen LogP contribution in [0.2, 0.25) is 15.3 Å². The van der Waals surface area contributed by atoms with Crippen LogP contribution in [0, 0.1) is 11.3 Å². The zero-order chi connectivity index (χ0) is 21.8. The van der Waals surface area contributed by atoms with Crippen molar-refractivity contribution in [3.63, 3.8) is 0 Å². The lowest BCUT2D eigenvalue weighted by atomic mass is 10.1. The van der Waals surface area contributed by atoms with Crippen molar-refractivity contribution in [3.8, 4) is 11.8 Å². The van der Waals surface area contributed by atoms with Gasteiger partial charge in [-0.15, -0.1) is 0 Å².